The number of primary amides is 1. The molecule has 0 atom stereocenters. The van der Waals surface area contributed by atoms with E-state index < -0.39 is 6.03 Å². The largest absolute Gasteiger partial charge is 0.382 e. The van der Waals surface area contributed by atoms with Gasteiger partial charge in [-0.25, -0.2) is 4.79 Å². The maximum atomic E-state index is 10.5. The molecule has 0 fully saturated rings. The Hall–Kier alpha value is -0.810. The van der Waals surface area contributed by atoms with Crippen LogP contribution in [0.4, 0.5) is 4.79 Å². The van der Waals surface area contributed by atoms with Crippen LogP contribution in [-0.4, -0.2) is 51.5 Å². The molecular formula is C7H16N2O3. The van der Waals surface area contributed by atoms with Crippen molar-refractivity contribution in [2.75, 3.05) is 40.5 Å². The first-order chi connectivity index (χ1) is 5.68. The maximum absolute atomic E-state index is 10.5. The van der Waals surface area contributed by atoms with Gasteiger partial charge in [-0.2, -0.15) is 0 Å². The fourth-order valence-corrected chi connectivity index (χ4v) is 0.556. The average molecular weight is 176 g/mol. The smallest absolute Gasteiger partial charge is 0.314 e. The normalized spacial score (nSPS) is 9.83. The molecule has 2 N–H and O–H groups in total. The van der Waals surface area contributed by atoms with Crippen molar-refractivity contribution in [1.82, 2.24) is 4.90 Å². The minimum atomic E-state index is -0.439. The number of methoxy groups -OCH3 is 1. The van der Waals surface area contributed by atoms with Gasteiger partial charge in [0, 0.05) is 20.7 Å². The molecular weight excluding hydrogens is 160 g/mol. The molecule has 0 saturated heterocycles. The molecule has 0 aliphatic heterocycles. The molecule has 0 aromatic rings. The van der Waals surface area contributed by atoms with E-state index in [0.717, 1.165) is 0 Å². The molecule has 0 rings (SSSR count). The zero-order chi connectivity index (χ0) is 9.40. The van der Waals surface area contributed by atoms with Crippen LogP contribution in [0.25, 0.3) is 0 Å². The van der Waals surface area contributed by atoms with Crippen LogP contribution >= 0.6 is 0 Å². The quantitative estimate of drug-likeness (QED) is 0.563. The minimum absolute atomic E-state index is 0.439. The van der Waals surface area contributed by atoms with Crippen molar-refractivity contribution < 1.29 is 14.3 Å². The summed E-state index contributed by atoms with van der Waals surface area (Å²) in [5.74, 6) is 0. The lowest BCUT2D eigenvalue weighted by molar-refractivity contribution is 0.0641. The van der Waals surface area contributed by atoms with E-state index in [1.807, 2.05) is 0 Å². The summed E-state index contributed by atoms with van der Waals surface area (Å²) < 4.78 is 9.89. The van der Waals surface area contributed by atoms with Crippen LogP contribution in [0.3, 0.4) is 0 Å². The second-order valence-electron chi connectivity index (χ2n) is 2.36. The highest BCUT2D eigenvalue weighted by Gasteiger charge is 2.00. The SMILES string of the molecule is COCCOCCN(C)C(N)=O. The number of hydrogen-bond acceptors (Lipinski definition) is 3. The highest BCUT2D eigenvalue weighted by molar-refractivity contribution is 5.71. The van der Waals surface area contributed by atoms with E-state index in [9.17, 15) is 4.79 Å². The average Bonchev–Trinajstić information content (AvgIpc) is 2.03. The van der Waals surface area contributed by atoms with E-state index >= 15 is 0 Å². The van der Waals surface area contributed by atoms with Crippen LogP contribution < -0.4 is 5.73 Å². The number of amides is 2. The van der Waals surface area contributed by atoms with Crippen LogP contribution in [-0.2, 0) is 9.47 Å². The Bertz CT molecular complexity index is 130. The van der Waals surface area contributed by atoms with E-state index in [-0.39, 0.29) is 0 Å². The van der Waals surface area contributed by atoms with E-state index in [0.29, 0.717) is 26.4 Å². The van der Waals surface area contributed by atoms with E-state index in [1.54, 1.807) is 14.2 Å². The van der Waals surface area contributed by atoms with Crippen LogP contribution in [0, 0.1) is 0 Å². The molecule has 0 unspecified atom stereocenters. The summed E-state index contributed by atoms with van der Waals surface area (Å²) in [6.45, 7) is 2.12. The van der Waals surface area contributed by atoms with E-state index in [4.69, 9.17) is 15.2 Å². The topological polar surface area (TPSA) is 64.8 Å². The zero-order valence-corrected chi connectivity index (χ0v) is 7.58. The number of carbonyl (C=O) groups excluding carboxylic acids is 1. The van der Waals surface area contributed by atoms with Crippen molar-refractivity contribution in [2.24, 2.45) is 5.73 Å². The number of likely N-dealkylation sites (N-methyl/N-ethyl adjacent to an activating group) is 1. The molecule has 12 heavy (non-hydrogen) atoms. The van der Waals surface area contributed by atoms with Gasteiger partial charge in [0.15, 0.2) is 0 Å². The molecule has 0 bridgehead atoms. The lowest BCUT2D eigenvalue weighted by Gasteiger charge is -2.13. The van der Waals surface area contributed by atoms with Crippen LogP contribution in [0.1, 0.15) is 0 Å². The summed E-state index contributed by atoms with van der Waals surface area (Å²) >= 11 is 0. The van der Waals surface area contributed by atoms with Gasteiger partial charge in [0.1, 0.15) is 0 Å². The molecule has 0 radical (unpaired) electrons. The summed E-state index contributed by atoms with van der Waals surface area (Å²) in [4.78, 5) is 11.9. The standard InChI is InChI=1S/C7H16N2O3/c1-9(7(8)10)3-4-12-6-5-11-2/h3-6H2,1-2H3,(H2,8,10). The van der Waals surface area contributed by atoms with Gasteiger partial charge in [-0.3, -0.25) is 0 Å². The van der Waals surface area contributed by atoms with Gasteiger partial charge >= 0.3 is 6.03 Å². The predicted molar refractivity (Wildman–Crippen MR) is 44.9 cm³/mol. The second-order valence-corrected chi connectivity index (χ2v) is 2.36. The van der Waals surface area contributed by atoms with Crippen molar-refractivity contribution in [2.45, 2.75) is 0 Å². The summed E-state index contributed by atoms with van der Waals surface area (Å²) in [7, 11) is 3.24. The van der Waals surface area contributed by atoms with E-state index in [2.05, 4.69) is 0 Å². The zero-order valence-electron chi connectivity index (χ0n) is 7.58. The number of nitrogens with zero attached hydrogens (tertiary/aromatic N) is 1. The number of hydrogen-bond donors (Lipinski definition) is 1. The first-order valence-corrected chi connectivity index (χ1v) is 3.75. The molecule has 5 nitrogen and oxygen atoms in total. The maximum Gasteiger partial charge on any atom is 0.314 e. The van der Waals surface area contributed by atoms with Crippen LogP contribution in [0.2, 0.25) is 0 Å². The Morgan fingerprint density at radius 1 is 1.42 bits per heavy atom. The predicted octanol–water partition coefficient (Wildman–Crippen LogP) is -0.340. The first-order valence-electron chi connectivity index (χ1n) is 3.75. The van der Waals surface area contributed by atoms with Crippen molar-refractivity contribution in [1.29, 1.82) is 0 Å². The van der Waals surface area contributed by atoms with Crippen molar-refractivity contribution in [3.05, 3.63) is 0 Å². The summed E-state index contributed by atoms with van der Waals surface area (Å²) in [5.41, 5.74) is 4.98. The number of carbonyl (C=O) groups is 1. The third-order valence-electron chi connectivity index (χ3n) is 1.38. The van der Waals surface area contributed by atoms with Gasteiger partial charge in [0.2, 0.25) is 0 Å². The van der Waals surface area contributed by atoms with Gasteiger partial charge in [-0.05, 0) is 0 Å². The molecule has 0 spiro atoms. The van der Waals surface area contributed by atoms with Crippen molar-refractivity contribution in [3.63, 3.8) is 0 Å². The molecule has 0 aromatic carbocycles. The number of rotatable bonds is 6. The Kier molecular flexibility index (Phi) is 6.41. The third-order valence-corrected chi connectivity index (χ3v) is 1.38. The molecule has 0 aliphatic rings. The molecule has 0 heterocycles. The van der Waals surface area contributed by atoms with E-state index in [1.165, 1.54) is 4.90 Å². The Labute approximate surface area is 72.4 Å². The lowest BCUT2D eigenvalue weighted by atomic mass is 10.6. The van der Waals surface area contributed by atoms with Gasteiger partial charge in [-0.15, -0.1) is 0 Å². The van der Waals surface area contributed by atoms with Crippen molar-refractivity contribution in [3.8, 4) is 0 Å². The number of urea groups is 1. The molecule has 0 saturated carbocycles. The fourth-order valence-electron chi connectivity index (χ4n) is 0.556. The second kappa shape index (κ2) is 6.87. The summed E-state index contributed by atoms with van der Waals surface area (Å²) in [6.07, 6.45) is 0. The van der Waals surface area contributed by atoms with Crippen LogP contribution in [0.5, 0.6) is 0 Å². The fraction of sp³-hybridized carbons (Fsp3) is 0.857. The molecule has 5 heteroatoms. The van der Waals surface area contributed by atoms with Gasteiger partial charge in [0.25, 0.3) is 0 Å². The summed E-state index contributed by atoms with van der Waals surface area (Å²) in [5, 5.41) is 0. The Morgan fingerprint density at radius 2 is 2.08 bits per heavy atom. The van der Waals surface area contributed by atoms with Crippen molar-refractivity contribution >= 4 is 6.03 Å². The highest BCUT2D eigenvalue weighted by atomic mass is 16.5. The number of nitrogens with two attached hydrogens (primary N) is 1. The lowest BCUT2D eigenvalue weighted by Crippen LogP contribution is -2.34. The minimum Gasteiger partial charge on any atom is -0.382 e. The first kappa shape index (κ1) is 11.2. The molecule has 72 valence electrons. The Balaban J connectivity index is 3.14. The third kappa shape index (κ3) is 5.94. The van der Waals surface area contributed by atoms with Gasteiger partial charge in [0.05, 0.1) is 19.8 Å². The molecule has 2 amide bonds. The monoisotopic (exact) mass is 176 g/mol. The van der Waals surface area contributed by atoms with Gasteiger partial charge in [-0.1, -0.05) is 0 Å². The van der Waals surface area contributed by atoms with Gasteiger partial charge < -0.3 is 20.1 Å². The van der Waals surface area contributed by atoms with Crippen LogP contribution in [0.15, 0.2) is 0 Å². The summed E-state index contributed by atoms with van der Waals surface area (Å²) in [6, 6.07) is -0.439. The number of ether oxygens (including phenoxy) is 2. The Morgan fingerprint density at radius 3 is 2.58 bits per heavy atom. The highest BCUT2D eigenvalue weighted by Crippen LogP contribution is 1.82. The molecule has 0 aromatic heterocycles. The molecule has 0 aliphatic carbocycles.